The molecule has 210 valence electrons. The molecule has 2 heterocycles. The summed E-state index contributed by atoms with van der Waals surface area (Å²) in [5.74, 6) is -0.523. The molecule has 0 unspecified atom stereocenters. The summed E-state index contributed by atoms with van der Waals surface area (Å²) in [5.41, 5.74) is 0.766. The number of aryl methyl sites for hydroxylation is 1. The Balaban J connectivity index is 1.30. The number of fused-ring (bicyclic) bond motifs is 1. The minimum atomic E-state index is -0.640. The first-order chi connectivity index (χ1) is 19.0. The zero-order valence-electron chi connectivity index (χ0n) is 23.5. The van der Waals surface area contributed by atoms with Crippen molar-refractivity contribution in [3.8, 4) is 17.6 Å². The topological polar surface area (TPSA) is 97.4 Å². The van der Waals surface area contributed by atoms with Crippen LogP contribution in [0, 0.1) is 29.5 Å². The molecule has 1 aliphatic heterocycles. The van der Waals surface area contributed by atoms with Gasteiger partial charge in [-0.15, -0.1) is 0 Å². The van der Waals surface area contributed by atoms with Crippen molar-refractivity contribution in [1.29, 1.82) is 5.26 Å². The highest BCUT2D eigenvalue weighted by molar-refractivity contribution is 5.79. The van der Waals surface area contributed by atoms with Gasteiger partial charge < -0.3 is 14.4 Å². The van der Waals surface area contributed by atoms with Crippen LogP contribution in [0.25, 0.3) is 10.9 Å². The Morgan fingerprint density at radius 2 is 1.82 bits per heavy atom. The Morgan fingerprint density at radius 3 is 2.48 bits per heavy atom. The first-order valence-electron chi connectivity index (χ1n) is 13.8. The van der Waals surface area contributed by atoms with E-state index < -0.39 is 11.4 Å². The van der Waals surface area contributed by atoms with Crippen molar-refractivity contribution in [3.05, 3.63) is 64.0 Å². The van der Waals surface area contributed by atoms with Gasteiger partial charge in [0.2, 0.25) is 0 Å². The highest BCUT2D eigenvalue weighted by Crippen LogP contribution is 2.47. The van der Waals surface area contributed by atoms with Gasteiger partial charge in [0, 0.05) is 19.1 Å². The average molecular weight is 547 g/mol. The van der Waals surface area contributed by atoms with Crippen molar-refractivity contribution >= 4 is 17.0 Å². The predicted octanol–water partition coefficient (Wildman–Crippen LogP) is 6.64. The zero-order chi connectivity index (χ0) is 28.7. The molecule has 0 N–H and O–H groups in total. The zero-order valence-corrected chi connectivity index (χ0v) is 23.5. The lowest BCUT2D eigenvalue weighted by Crippen LogP contribution is -2.46. The van der Waals surface area contributed by atoms with Crippen molar-refractivity contribution in [2.75, 3.05) is 13.1 Å². The maximum absolute atomic E-state index is 14.5. The fourth-order valence-electron chi connectivity index (χ4n) is 5.93. The average Bonchev–Trinajstić information content (AvgIpc) is 2.91. The number of nitrogens with zero attached hydrogens (tertiary/aromatic N) is 4. The molecule has 8 nitrogen and oxygen atoms in total. The van der Waals surface area contributed by atoms with Gasteiger partial charge in [-0.1, -0.05) is 6.07 Å². The number of likely N-dealkylation sites (tertiary alicyclic amines) is 1. The summed E-state index contributed by atoms with van der Waals surface area (Å²) in [5, 5.41) is 9.87. The quantitative estimate of drug-likeness (QED) is 0.365. The van der Waals surface area contributed by atoms with Gasteiger partial charge >= 0.3 is 6.09 Å². The van der Waals surface area contributed by atoms with E-state index in [4.69, 9.17) is 9.47 Å². The molecular formula is C31H35FN4O4. The highest BCUT2D eigenvalue weighted by atomic mass is 19.1. The van der Waals surface area contributed by atoms with E-state index in [9.17, 15) is 19.2 Å². The minimum Gasteiger partial charge on any atom is -0.453 e. The normalized spacial score (nSPS) is 17.6. The molecule has 0 atom stereocenters. The molecule has 40 heavy (non-hydrogen) atoms. The number of hydrogen-bond acceptors (Lipinski definition) is 6. The monoisotopic (exact) mass is 546 g/mol. The van der Waals surface area contributed by atoms with Crippen molar-refractivity contribution in [1.82, 2.24) is 14.5 Å². The summed E-state index contributed by atoms with van der Waals surface area (Å²) in [6.07, 6.45) is 6.92. The van der Waals surface area contributed by atoms with Crippen molar-refractivity contribution in [3.63, 3.8) is 0 Å². The van der Waals surface area contributed by atoms with E-state index in [-0.39, 0.29) is 40.2 Å². The van der Waals surface area contributed by atoms with Gasteiger partial charge in [0.1, 0.15) is 23.0 Å². The molecule has 2 aromatic carbocycles. The maximum atomic E-state index is 14.5. The lowest BCUT2D eigenvalue weighted by atomic mass is 9.67. The van der Waals surface area contributed by atoms with Crippen LogP contribution in [0.5, 0.6) is 11.5 Å². The minimum absolute atomic E-state index is 0.0305. The molecule has 2 fully saturated rings. The fraction of sp³-hybridized carbons (Fsp3) is 0.484. The largest absolute Gasteiger partial charge is 0.453 e. The first kappa shape index (κ1) is 27.6. The lowest BCUT2D eigenvalue weighted by molar-refractivity contribution is 0.00177. The first-order valence-corrected chi connectivity index (χ1v) is 13.8. The molecule has 1 aliphatic carbocycles. The van der Waals surface area contributed by atoms with Gasteiger partial charge in [0.25, 0.3) is 5.56 Å². The number of benzene rings is 2. The van der Waals surface area contributed by atoms with Gasteiger partial charge in [0.05, 0.1) is 17.2 Å². The van der Waals surface area contributed by atoms with Crippen LogP contribution in [0.4, 0.5) is 9.18 Å². The number of hydrogen-bond donors (Lipinski definition) is 0. The third-order valence-electron chi connectivity index (χ3n) is 8.29. The molecular weight excluding hydrogens is 511 g/mol. The Labute approximate surface area is 233 Å². The smallest absolute Gasteiger partial charge is 0.410 e. The van der Waals surface area contributed by atoms with E-state index in [0.29, 0.717) is 29.6 Å². The second kappa shape index (κ2) is 10.6. The van der Waals surface area contributed by atoms with Crippen LogP contribution in [-0.2, 0) is 4.74 Å². The van der Waals surface area contributed by atoms with E-state index in [1.165, 1.54) is 12.1 Å². The molecule has 9 heteroatoms. The Kier molecular flexibility index (Phi) is 7.30. The standard InChI is InChI=1S/C31H35FN4O4/c1-20-5-7-25(32)27(24(20)18-33)39-22-6-8-26-23(17-22)28(37)36(19-34-26)21-9-11-31(12-10-21)13-15-35(16-14-31)29(38)40-30(2,3)4/h5-8,17,19,21H,9-16H2,1-4H3. The van der Waals surface area contributed by atoms with E-state index >= 15 is 0 Å². The van der Waals surface area contributed by atoms with E-state index in [0.717, 1.165) is 38.5 Å². The molecule has 1 saturated heterocycles. The van der Waals surface area contributed by atoms with Crippen LogP contribution < -0.4 is 10.3 Å². The fourth-order valence-corrected chi connectivity index (χ4v) is 5.93. The molecule has 1 saturated carbocycles. The van der Waals surface area contributed by atoms with Crippen LogP contribution >= 0.6 is 0 Å². The van der Waals surface area contributed by atoms with E-state index in [1.54, 1.807) is 36.0 Å². The van der Waals surface area contributed by atoms with Gasteiger partial charge in [0.15, 0.2) is 11.6 Å². The predicted molar refractivity (Wildman–Crippen MR) is 149 cm³/mol. The Hall–Kier alpha value is -3.93. The number of nitriles is 1. The highest BCUT2D eigenvalue weighted by Gasteiger charge is 2.40. The van der Waals surface area contributed by atoms with Crippen molar-refractivity contribution < 1.29 is 18.7 Å². The van der Waals surface area contributed by atoms with Crippen LogP contribution in [0.3, 0.4) is 0 Å². The summed E-state index contributed by atoms with van der Waals surface area (Å²) >= 11 is 0. The molecule has 5 rings (SSSR count). The number of carbonyl (C=O) groups excluding carboxylic acids is 1. The van der Waals surface area contributed by atoms with Crippen LogP contribution in [0.1, 0.15) is 76.5 Å². The number of aromatic nitrogens is 2. The third kappa shape index (κ3) is 5.53. The Bertz CT molecular complexity index is 1530. The molecule has 0 bridgehead atoms. The maximum Gasteiger partial charge on any atom is 0.410 e. The number of rotatable bonds is 3. The molecule has 1 aromatic heterocycles. The molecule has 2 aliphatic rings. The van der Waals surface area contributed by atoms with E-state index in [2.05, 4.69) is 4.98 Å². The van der Waals surface area contributed by atoms with Gasteiger partial charge in [-0.25, -0.2) is 14.2 Å². The number of piperidine rings is 1. The van der Waals surface area contributed by atoms with E-state index in [1.807, 2.05) is 31.7 Å². The van der Waals surface area contributed by atoms with Crippen LogP contribution in [-0.4, -0.2) is 39.2 Å². The van der Waals surface area contributed by atoms with Crippen molar-refractivity contribution in [2.45, 2.75) is 77.9 Å². The Morgan fingerprint density at radius 1 is 1.12 bits per heavy atom. The van der Waals surface area contributed by atoms with Gasteiger partial charge in [-0.2, -0.15) is 5.26 Å². The third-order valence-corrected chi connectivity index (χ3v) is 8.29. The number of halogens is 1. The summed E-state index contributed by atoms with van der Waals surface area (Å²) < 4.78 is 27.5. The number of carbonyl (C=O) groups is 1. The number of amides is 1. The molecule has 1 spiro atoms. The van der Waals surface area contributed by atoms with Crippen LogP contribution in [0.15, 0.2) is 41.5 Å². The molecule has 3 aromatic rings. The van der Waals surface area contributed by atoms with Gasteiger partial charge in [-0.05, 0) is 101 Å². The second-order valence-electron chi connectivity index (χ2n) is 12.1. The summed E-state index contributed by atoms with van der Waals surface area (Å²) in [7, 11) is 0. The summed E-state index contributed by atoms with van der Waals surface area (Å²) in [6.45, 7) is 8.73. The summed E-state index contributed by atoms with van der Waals surface area (Å²) in [4.78, 5) is 32.4. The van der Waals surface area contributed by atoms with Crippen molar-refractivity contribution in [2.24, 2.45) is 5.41 Å². The van der Waals surface area contributed by atoms with Crippen LogP contribution in [0.2, 0.25) is 0 Å². The molecule has 1 amide bonds. The summed E-state index contributed by atoms with van der Waals surface area (Å²) in [6, 6.07) is 9.68. The lowest BCUT2D eigenvalue weighted by Gasteiger charge is -2.46. The molecule has 0 radical (unpaired) electrons. The number of ether oxygens (including phenoxy) is 2. The second-order valence-corrected chi connectivity index (χ2v) is 12.1. The van der Waals surface area contributed by atoms with Gasteiger partial charge in [-0.3, -0.25) is 9.36 Å². The SMILES string of the molecule is Cc1ccc(F)c(Oc2ccc3ncn(C4CCC5(CC4)CCN(C(=O)OC(C)(C)C)CC5)c(=O)c3c2)c1C#N.